The molecule has 2 heterocycles. The fourth-order valence-corrected chi connectivity index (χ4v) is 1.62. The summed E-state index contributed by atoms with van der Waals surface area (Å²) in [6.45, 7) is 3.99. The van der Waals surface area contributed by atoms with Gasteiger partial charge in [-0.25, -0.2) is 4.79 Å². The van der Waals surface area contributed by atoms with Gasteiger partial charge in [0.25, 0.3) is 0 Å². The first kappa shape index (κ1) is 12.3. The molecule has 18 heavy (non-hydrogen) atoms. The number of nitrogens with zero attached hydrogens (tertiary/aromatic N) is 4. The normalized spacial score (nSPS) is 10.8. The van der Waals surface area contributed by atoms with Crippen molar-refractivity contribution in [1.82, 2.24) is 19.9 Å². The summed E-state index contributed by atoms with van der Waals surface area (Å²) in [6, 6.07) is 0. The van der Waals surface area contributed by atoms with Crippen LogP contribution >= 0.6 is 0 Å². The van der Waals surface area contributed by atoms with Gasteiger partial charge in [0.05, 0.1) is 5.69 Å². The smallest absolute Gasteiger partial charge is 0.339 e. The fraction of sp³-hybridized carbons (Fsp3) is 0.455. The molecular formula is C11H14N4O3. The number of carbonyl (C=O) groups is 1. The third kappa shape index (κ3) is 2.55. The van der Waals surface area contributed by atoms with Crippen molar-refractivity contribution >= 4 is 5.97 Å². The molecule has 0 radical (unpaired) electrons. The quantitative estimate of drug-likeness (QED) is 0.858. The van der Waals surface area contributed by atoms with Crippen LogP contribution in [0.3, 0.4) is 0 Å². The summed E-state index contributed by atoms with van der Waals surface area (Å²) in [5.41, 5.74) is 0.659. The minimum Gasteiger partial charge on any atom is -0.478 e. The van der Waals surface area contributed by atoms with Crippen LogP contribution in [0.5, 0.6) is 0 Å². The Morgan fingerprint density at radius 2 is 2.33 bits per heavy atom. The molecule has 2 rings (SSSR count). The predicted molar refractivity (Wildman–Crippen MR) is 61.3 cm³/mol. The van der Waals surface area contributed by atoms with Gasteiger partial charge in [0.15, 0.2) is 5.82 Å². The van der Waals surface area contributed by atoms with E-state index in [0.29, 0.717) is 24.0 Å². The Morgan fingerprint density at radius 1 is 1.56 bits per heavy atom. The summed E-state index contributed by atoms with van der Waals surface area (Å²) >= 11 is 0. The van der Waals surface area contributed by atoms with Gasteiger partial charge in [-0.2, -0.15) is 10.1 Å². The number of rotatable bonds is 5. The highest BCUT2D eigenvalue weighted by atomic mass is 16.5. The largest absolute Gasteiger partial charge is 0.478 e. The van der Waals surface area contributed by atoms with Crippen molar-refractivity contribution in [2.24, 2.45) is 0 Å². The molecule has 2 aromatic rings. The van der Waals surface area contributed by atoms with Gasteiger partial charge in [-0.05, 0) is 13.3 Å². The second-order valence-electron chi connectivity index (χ2n) is 3.99. The van der Waals surface area contributed by atoms with Gasteiger partial charge in [0, 0.05) is 12.6 Å². The summed E-state index contributed by atoms with van der Waals surface area (Å²) in [7, 11) is 0. The number of aryl methyl sites for hydroxylation is 2. The van der Waals surface area contributed by atoms with Crippen LogP contribution < -0.4 is 0 Å². The second kappa shape index (κ2) is 4.99. The Balaban J connectivity index is 2.13. The van der Waals surface area contributed by atoms with Crippen LogP contribution in [-0.2, 0) is 13.0 Å². The lowest BCUT2D eigenvalue weighted by Crippen LogP contribution is -2.02. The molecule has 0 aliphatic carbocycles. The maximum Gasteiger partial charge on any atom is 0.339 e. The van der Waals surface area contributed by atoms with Gasteiger partial charge in [0.1, 0.15) is 12.1 Å². The molecule has 0 unspecified atom stereocenters. The lowest BCUT2D eigenvalue weighted by molar-refractivity contribution is 0.0696. The Labute approximate surface area is 103 Å². The number of carboxylic acid groups (broad SMARTS) is 1. The molecule has 7 nitrogen and oxygen atoms in total. The average molecular weight is 250 g/mol. The summed E-state index contributed by atoms with van der Waals surface area (Å²) in [5, 5.41) is 16.8. The number of hydrogen-bond acceptors (Lipinski definition) is 5. The van der Waals surface area contributed by atoms with Crippen molar-refractivity contribution in [3.8, 4) is 0 Å². The van der Waals surface area contributed by atoms with Gasteiger partial charge in [-0.1, -0.05) is 12.1 Å². The highest BCUT2D eigenvalue weighted by Crippen LogP contribution is 2.07. The van der Waals surface area contributed by atoms with Gasteiger partial charge in [-0.3, -0.25) is 4.68 Å². The van der Waals surface area contributed by atoms with E-state index in [-0.39, 0.29) is 5.56 Å². The average Bonchev–Trinajstić information content (AvgIpc) is 2.87. The number of aromatic carboxylic acids is 1. The zero-order valence-corrected chi connectivity index (χ0v) is 10.3. The van der Waals surface area contributed by atoms with Crippen LogP contribution in [0.4, 0.5) is 0 Å². The maximum absolute atomic E-state index is 10.9. The zero-order valence-electron chi connectivity index (χ0n) is 10.3. The molecule has 1 N–H and O–H groups in total. The zero-order chi connectivity index (χ0) is 13.1. The highest BCUT2D eigenvalue weighted by molar-refractivity contribution is 5.88. The third-order valence-electron chi connectivity index (χ3n) is 2.45. The van der Waals surface area contributed by atoms with Crippen molar-refractivity contribution < 1.29 is 14.4 Å². The molecule has 2 aromatic heterocycles. The number of aromatic nitrogens is 4. The SMILES string of the molecule is CCCc1nc(Cn2cc(C(=O)O)c(C)n2)no1. The highest BCUT2D eigenvalue weighted by Gasteiger charge is 2.13. The number of carboxylic acids is 1. The molecule has 0 bridgehead atoms. The molecule has 0 spiro atoms. The number of hydrogen-bond donors (Lipinski definition) is 1. The molecular weight excluding hydrogens is 236 g/mol. The van der Waals surface area contributed by atoms with Crippen molar-refractivity contribution in [2.45, 2.75) is 33.2 Å². The van der Waals surface area contributed by atoms with Crippen LogP contribution in [0.15, 0.2) is 10.7 Å². The van der Waals surface area contributed by atoms with Crippen LogP contribution in [0.2, 0.25) is 0 Å². The van der Waals surface area contributed by atoms with E-state index in [4.69, 9.17) is 9.63 Å². The molecule has 7 heteroatoms. The first-order valence-electron chi connectivity index (χ1n) is 5.69. The molecule has 0 aliphatic rings. The van der Waals surface area contributed by atoms with Crippen molar-refractivity contribution in [1.29, 1.82) is 0 Å². The van der Waals surface area contributed by atoms with E-state index >= 15 is 0 Å². The van der Waals surface area contributed by atoms with Gasteiger partial charge in [-0.15, -0.1) is 0 Å². The van der Waals surface area contributed by atoms with Crippen LogP contribution in [0, 0.1) is 6.92 Å². The van der Waals surface area contributed by atoms with E-state index in [1.165, 1.54) is 10.9 Å². The van der Waals surface area contributed by atoms with Crippen LogP contribution in [0.25, 0.3) is 0 Å². The molecule has 0 saturated heterocycles. The van der Waals surface area contributed by atoms with Gasteiger partial charge < -0.3 is 9.63 Å². The molecule has 0 amide bonds. The van der Waals surface area contributed by atoms with E-state index in [9.17, 15) is 4.79 Å². The first-order chi connectivity index (χ1) is 8.60. The Bertz CT molecular complexity index is 558. The summed E-state index contributed by atoms with van der Waals surface area (Å²) in [6.07, 6.45) is 3.14. The minimum atomic E-state index is -0.987. The lowest BCUT2D eigenvalue weighted by Gasteiger charge is -1.93. The molecule has 0 aliphatic heterocycles. The van der Waals surface area contributed by atoms with E-state index in [2.05, 4.69) is 15.2 Å². The summed E-state index contributed by atoms with van der Waals surface area (Å²) < 4.78 is 6.54. The molecule has 0 fully saturated rings. The monoisotopic (exact) mass is 250 g/mol. The topological polar surface area (TPSA) is 94.0 Å². The van der Waals surface area contributed by atoms with E-state index in [1.54, 1.807) is 6.92 Å². The lowest BCUT2D eigenvalue weighted by atomic mass is 10.3. The van der Waals surface area contributed by atoms with Crippen molar-refractivity contribution in [2.75, 3.05) is 0 Å². The first-order valence-corrected chi connectivity index (χ1v) is 5.69. The third-order valence-corrected chi connectivity index (χ3v) is 2.45. The van der Waals surface area contributed by atoms with E-state index < -0.39 is 5.97 Å². The van der Waals surface area contributed by atoms with Crippen molar-refractivity contribution in [3.05, 3.63) is 29.2 Å². The predicted octanol–water partition coefficient (Wildman–Crippen LogP) is 1.27. The van der Waals surface area contributed by atoms with E-state index in [0.717, 1.165) is 12.8 Å². The second-order valence-corrected chi connectivity index (χ2v) is 3.99. The molecule has 0 atom stereocenters. The van der Waals surface area contributed by atoms with Crippen molar-refractivity contribution in [3.63, 3.8) is 0 Å². The summed E-state index contributed by atoms with van der Waals surface area (Å²) in [4.78, 5) is 15.1. The Kier molecular flexibility index (Phi) is 3.40. The van der Waals surface area contributed by atoms with Gasteiger partial charge in [0.2, 0.25) is 5.89 Å². The summed E-state index contributed by atoms with van der Waals surface area (Å²) in [5.74, 6) is 0.103. The Hall–Kier alpha value is -2.18. The standard InChI is InChI=1S/C11H14N4O3/c1-3-4-10-12-9(14-18-10)6-15-5-8(11(16)17)7(2)13-15/h5H,3-4,6H2,1-2H3,(H,16,17). The van der Waals surface area contributed by atoms with Crippen LogP contribution in [-0.4, -0.2) is 31.0 Å². The Morgan fingerprint density at radius 3 is 2.94 bits per heavy atom. The molecule has 0 saturated carbocycles. The van der Waals surface area contributed by atoms with Gasteiger partial charge >= 0.3 is 5.97 Å². The fourth-order valence-electron chi connectivity index (χ4n) is 1.62. The molecule has 0 aromatic carbocycles. The minimum absolute atomic E-state index is 0.187. The van der Waals surface area contributed by atoms with E-state index in [1.807, 2.05) is 6.92 Å². The molecule has 96 valence electrons. The van der Waals surface area contributed by atoms with Crippen LogP contribution in [0.1, 0.15) is 41.1 Å². The maximum atomic E-state index is 10.9.